The molecular formula is C26H35O2P. The van der Waals surface area contributed by atoms with Gasteiger partial charge in [-0.3, -0.25) is 0 Å². The summed E-state index contributed by atoms with van der Waals surface area (Å²) >= 11 is 0. The second-order valence-electron chi connectivity index (χ2n) is 8.63. The van der Waals surface area contributed by atoms with Gasteiger partial charge in [-0.2, -0.15) is 0 Å². The minimum atomic E-state index is 0.573. The fraction of sp³-hybridized carbons (Fsp3) is 0.538. The molecule has 3 unspecified atom stereocenters. The summed E-state index contributed by atoms with van der Waals surface area (Å²) in [5.41, 5.74) is 5.75. The molecule has 0 spiro atoms. The molecule has 0 heterocycles. The van der Waals surface area contributed by atoms with Crippen LogP contribution in [0.2, 0.25) is 0 Å². The second-order valence-corrected chi connectivity index (χ2v) is 10.5. The molecule has 3 atom stereocenters. The van der Waals surface area contributed by atoms with E-state index in [2.05, 4.69) is 42.5 Å². The quantitative estimate of drug-likeness (QED) is 0.462. The highest BCUT2D eigenvalue weighted by molar-refractivity contribution is 7.39. The standard InChI is InChI=1S/C26H35O2P/c1-27-23-18-17-21(19-11-5-3-6-12-19)25(26(23)28-2)22-15-9-10-16-24(22)29-20-13-7-4-8-14-20/h3,5-6,11-12,17-18,20,22,24,29H,4,7-10,13-16H2,1-2H3. The highest BCUT2D eigenvalue weighted by Crippen LogP contribution is 2.53. The molecule has 156 valence electrons. The van der Waals surface area contributed by atoms with Crippen LogP contribution >= 0.6 is 8.58 Å². The third kappa shape index (κ3) is 4.64. The molecular weight excluding hydrogens is 375 g/mol. The summed E-state index contributed by atoms with van der Waals surface area (Å²) < 4.78 is 11.7. The summed E-state index contributed by atoms with van der Waals surface area (Å²) in [5, 5.41) is 0. The van der Waals surface area contributed by atoms with Crippen LogP contribution in [0.1, 0.15) is 69.3 Å². The van der Waals surface area contributed by atoms with Crippen molar-refractivity contribution in [2.45, 2.75) is 75.0 Å². The topological polar surface area (TPSA) is 18.5 Å². The molecule has 2 fully saturated rings. The monoisotopic (exact) mass is 410 g/mol. The van der Waals surface area contributed by atoms with E-state index in [0.29, 0.717) is 5.92 Å². The molecule has 2 aromatic carbocycles. The molecule has 0 aliphatic heterocycles. The Kier molecular flexibility index (Phi) is 7.14. The van der Waals surface area contributed by atoms with Crippen LogP contribution < -0.4 is 9.47 Å². The lowest BCUT2D eigenvalue weighted by Gasteiger charge is -2.37. The van der Waals surface area contributed by atoms with Crippen LogP contribution in [0.5, 0.6) is 11.5 Å². The van der Waals surface area contributed by atoms with Crippen LogP contribution in [0.15, 0.2) is 42.5 Å². The minimum absolute atomic E-state index is 0.573. The first kappa shape index (κ1) is 20.7. The molecule has 0 radical (unpaired) electrons. The Morgan fingerprint density at radius 3 is 2.21 bits per heavy atom. The van der Waals surface area contributed by atoms with Gasteiger partial charge in [0.2, 0.25) is 0 Å². The highest BCUT2D eigenvalue weighted by atomic mass is 31.1. The van der Waals surface area contributed by atoms with Crippen molar-refractivity contribution in [3.05, 3.63) is 48.0 Å². The van der Waals surface area contributed by atoms with E-state index in [-0.39, 0.29) is 0 Å². The molecule has 2 nitrogen and oxygen atoms in total. The maximum Gasteiger partial charge on any atom is 0.164 e. The van der Waals surface area contributed by atoms with Gasteiger partial charge in [0, 0.05) is 5.56 Å². The lowest BCUT2D eigenvalue weighted by molar-refractivity contribution is 0.344. The largest absolute Gasteiger partial charge is 0.493 e. The Bertz CT molecular complexity index is 783. The van der Waals surface area contributed by atoms with E-state index in [9.17, 15) is 0 Å². The highest BCUT2D eigenvalue weighted by Gasteiger charge is 2.33. The maximum atomic E-state index is 6.00. The zero-order valence-corrected chi connectivity index (χ0v) is 19.0. The van der Waals surface area contributed by atoms with Gasteiger partial charge in [0.15, 0.2) is 11.5 Å². The van der Waals surface area contributed by atoms with Gasteiger partial charge in [0.25, 0.3) is 0 Å². The van der Waals surface area contributed by atoms with Crippen molar-refractivity contribution in [1.82, 2.24) is 0 Å². The van der Waals surface area contributed by atoms with E-state index >= 15 is 0 Å². The Balaban J connectivity index is 1.75. The predicted octanol–water partition coefficient (Wildman–Crippen LogP) is 7.41. The number of methoxy groups -OCH3 is 2. The second kappa shape index (κ2) is 9.98. The average molecular weight is 411 g/mol. The molecule has 2 saturated carbocycles. The van der Waals surface area contributed by atoms with Gasteiger partial charge in [-0.05, 0) is 60.1 Å². The van der Waals surface area contributed by atoms with Crippen molar-refractivity contribution in [1.29, 1.82) is 0 Å². The van der Waals surface area contributed by atoms with Gasteiger partial charge in [-0.15, -0.1) is 8.58 Å². The number of benzene rings is 2. The number of hydrogen-bond donors (Lipinski definition) is 0. The Labute approximate surface area is 178 Å². The number of ether oxygens (including phenoxy) is 2. The van der Waals surface area contributed by atoms with Crippen LogP contribution in [0.3, 0.4) is 0 Å². The van der Waals surface area contributed by atoms with Crippen molar-refractivity contribution in [3.63, 3.8) is 0 Å². The Hall–Kier alpha value is -1.53. The number of rotatable bonds is 6. The van der Waals surface area contributed by atoms with Crippen LogP contribution in [-0.4, -0.2) is 25.5 Å². The molecule has 0 aromatic heterocycles. The summed E-state index contributed by atoms with van der Waals surface area (Å²) in [6.07, 6.45) is 12.6. The van der Waals surface area contributed by atoms with Crippen molar-refractivity contribution in [2.24, 2.45) is 0 Å². The molecule has 2 aliphatic carbocycles. The third-order valence-corrected chi connectivity index (χ3v) is 9.03. The average Bonchev–Trinajstić information content (AvgIpc) is 2.79. The van der Waals surface area contributed by atoms with E-state index < -0.39 is 0 Å². The minimum Gasteiger partial charge on any atom is -0.493 e. The lowest BCUT2D eigenvalue weighted by atomic mass is 9.79. The Morgan fingerprint density at radius 1 is 0.759 bits per heavy atom. The van der Waals surface area contributed by atoms with Gasteiger partial charge >= 0.3 is 0 Å². The summed E-state index contributed by atoms with van der Waals surface area (Å²) in [6.45, 7) is 0. The lowest BCUT2D eigenvalue weighted by Crippen LogP contribution is -2.23. The van der Waals surface area contributed by atoms with Crippen molar-refractivity contribution in [3.8, 4) is 22.6 Å². The molecule has 29 heavy (non-hydrogen) atoms. The molecule has 2 aliphatic rings. The molecule has 3 heteroatoms. The first-order chi connectivity index (χ1) is 14.3. The maximum absolute atomic E-state index is 6.00. The van der Waals surface area contributed by atoms with Crippen LogP contribution in [0.25, 0.3) is 11.1 Å². The molecule has 4 rings (SSSR count). The molecule has 0 N–H and O–H groups in total. The smallest absolute Gasteiger partial charge is 0.164 e. The van der Waals surface area contributed by atoms with E-state index in [1.807, 2.05) is 0 Å². The summed E-state index contributed by atoms with van der Waals surface area (Å²) in [5.74, 6) is 2.40. The molecule has 0 amide bonds. The van der Waals surface area contributed by atoms with Gasteiger partial charge < -0.3 is 9.47 Å². The summed E-state index contributed by atoms with van der Waals surface area (Å²) in [6, 6.07) is 15.2. The van der Waals surface area contributed by atoms with Gasteiger partial charge in [0.1, 0.15) is 0 Å². The van der Waals surface area contributed by atoms with E-state index in [4.69, 9.17) is 9.47 Å². The van der Waals surface area contributed by atoms with Crippen molar-refractivity contribution >= 4 is 8.58 Å². The normalized spacial score (nSPS) is 23.4. The molecule has 0 saturated heterocycles. The SMILES string of the molecule is COc1ccc(-c2ccccc2)c(C2CCCCC2PC2CCCCC2)c1OC. The van der Waals surface area contributed by atoms with E-state index in [1.165, 1.54) is 74.5 Å². The first-order valence-corrected chi connectivity index (χ1v) is 12.5. The number of hydrogen-bond acceptors (Lipinski definition) is 2. The van der Waals surface area contributed by atoms with E-state index in [0.717, 1.165) is 31.4 Å². The van der Waals surface area contributed by atoms with Gasteiger partial charge in [-0.1, -0.05) is 68.5 Å². The zero-order chi connectivity index (χ0) is 20.1. The predicted molar refractivity (Wildman–Crippen MR) is 125 cm³/mol. The van der Waals surface area contributed by atoms with Gasteiger partial charge in [-0.25, -0.2) is 0 Å². The van der Waals surface area contributed by atoms with E-state index in [1.54, 1.807) is 14.2 Å². The van der Waals surface area contributed by atoms with Crippen molar-refractivity contribution in [2.75, 3.05) is 14.2 Å². The fourth-order valence-electron chi connectivity index (χ4n) is 5.44. The van der Waals surface area contributed by atoms with Crippen LogP contribution in [0, 0.1) is 0 Å². The molecule has 2 aromatic rings. The Morgan fingerprint density at radius 2 is 1.48 bits per heavy atom. The first-order valence-electron chi connectivity index (χ1n) is 11.4. The summed E-state index contributed by atoms with van der Waals surface area (Å²) in [4.78, 5) is 0. The molecule has 0 bridgehead atoms. The fourth-order valence-corrected chi connectivity index (χ4v) is 7.72. The summed E-state index contributed by atoms with van der Waals surface area (Å²) in [7, 11) is 4.65. The van der Waals surface area contributed by atoms with Gasteiger partial charge in [0.05, 0.1) is 14.2 Å². The third-order valence-electron chi connectivity index (χ3n) is 6.86. The zero-order valence-electron chi connectivity index (χ0n) is 18.0. The van der Waals surface area contributed by atoms with Crippen LogP contribution in [-0.2, 0) is 0 Å². The van der Waals surface area contributed by atoms with Crippen LogP contribution in [0.4, 0.5) is 0 Å². The van der Waals surface area contributed by atoms with Crippen molar-refractivity contribution < 1.29 is 9.47 Å².